The van der Waals surface area contributed by atoms with Gasteiger partial charge in [-0.05, 0) is 26.1 Å². The summed E-state index contributed by atoms with van der Waals surface area (Å²) in [6.45, 7) is 4.56. The molecule has 1 heterocycles. The van der Waals surface area contributed by atoms with Crippen molar-refractivity contribution in [3.8, 4) is 0 Å². The van der Waals surface area contributed by atoms with Crippen LogP contribution in [-0.4, -0.2) is 42.0 Å². The van der Waals surface area contributed by atoms with E-state index in [0.29, 0.717) is 4.83 Å². The van der Waals surface area contributed by atoms with Crippen LogP contribution >= 0.6 is 15.9 Å². The number of hydrogen-bond acceptors (Lipinski definition) is 3. The number of rotatable bonds is 6. The smallest absolute Gasteiger partial charge is 0.0600 e. The van der Waals surface area contributed by atoms with Crippen LogP contribution in [0.25, 0.3) is 0 Å². The summed E-state index contributed by atoms with van der Waals surface area (Å²) in [5.74, 6) is 0. The first-order valence-corrected chi connectivity index (χ1v) is 6.27. The Morgan fingerprint density at radius 2 is 2.25 bits per heavy atom. The Bertz CT molecular complexity index is 320. The van der Waals surface area contributed by atoms with Gasteiger partial charge in [0.2, 0.25) is 0 Å². The molecular formula is C12H19BrN2O. The van der Waals surface area contributed by atoms with Crippen LogP contribution in [0, 0.1) is 6.92 Å². The molecule has 0 saturated carbocycles. The number of aromatic nitrogens is 1. The quantitative estimate of drug-likeness (QED) is 0.750. The van der Waals surface area contributed by atoms with Gasteiger partial charge in [0.05, 0.1) is 17.1 Å². The van der Waals surface area contributed by atoms with Crippen molar-refractivity contribution in [2.45, 2.75) is 18.3 Å². The molecule has 0 aliphatic heterocycles. The average Bonchev–Trinajstić information content (AvgIpc) is 2.17. The number of halogens is 1. The summed E-state index contributed by atoms with van der Waals surface area (Å²) < 4.78 is 5.08. The van der Waals surface area contributed by atoms with Gasteiger partial charge in [-0.1, -0.05) is 22.0 Å². The molecule has 0 bridgehead atoms. The highest BCUT2D eigenvalue weighted by atomic mass is 79.9. The molecule has 0 radical (unpaired) electrons. The predicted molar refractivity (Wildman–Crippen MR) is 69.9 cm³/mol. The molecule has 0 saturated heterocycles. The molecule has 1 aromatic heterocycles. The second-order valence-corrected chi connectivity index (χ2v) is 5.31. The van der Waals surface area contributed by atoms with E-state index in [9.17, 15) is 0 Å². The highest BCUT2D eigenvalue weighted by Crippen LogP contribution is 2.06. The van der Waals surface area contributed by atoms with Gasteiger partial charge in [-0.15, -0.1) is 0 Å². The highest BCUT2D eigenvalue weighted by Gasteiger charge is 2.08. The molecule has 0 spiro atoms. The Morgan fingerprint density at radius 3 is 2.88 bits per heavy atom. The lowest BCUT2D eigenvalue weighted by Gasteiger charge is -2.19. The lowest BCUT2D eigenvalue weighted by molar-refractivity contribution is 0.184. The van der Waals surface area contributed by atoms with Crippen LogP contribution in [-0.2, 0) is 11.3 Å². The van der Waals surface area contributed by atoms with E-state index in [2.05, 4.69) is 38.9 Å². The summed E-state index contributed by atoms with van der Waals surface area (Å²) in [7, 11) is 3.81. The third-order valence-electron chi connectivity index (χ3n) is 2.24. The number of nitrogens with zero attached hydrogens (tertiary/aromatic N) is 2. The summed E-state index contributed by atoms with van der Waals surface area (Å²) in [6, 6.07) is 6.12. The second-order valence-electron chi connectivity index (χ2n) is 4.02. The van der Waals surface area contributed by atoms with Crippen LogP contribution in [0.1, 0.15) is 11.4 Å². The largest absolute Gasteiger partial charge is 0.383 e. The molecule has 0 aromatic carbocycles. The van der Waals surface area contributed by atoms with Gasteiger partial charge in [0.1, 0.15) is 0 Å². The summed E-state index contributed by atoms with van der Waals surface area (Å²) in [4.78, 5) is 7.08. The zero-order valence-corrected chi connectivity index (χ0v) is 11.7. The Kier molecular flexibility index (Phi) is 5.95. The van der Waals surface area contributed by atoms with E-state index in [1.54, 1.807) is 7.11 Å². The van der Waals surface area contributed by atoms with Crippen LogP contribution in [0.4, 0.5) is 0 Å². The van der Waals surface area contributed by atoms with Gasteiger partial charge in [-0.2, -0.15) is 0 Å². The number of alkyl halides is 1. The molecule has 0 aliphatic rings. The highest BCUT2D eigenvalue weighted by molar-refractivity contribution is 9.09. The van der Waals surface area contributed by atoms with E-state index >= 15 is 0 Å². The Labute approximate surface area is 106 Å². The molecule has 16 heavy (non-hydrogen) atoms. The SMILES string of the molecule is COCC(Br)CN(C)Cc1cccc(C)n1. The molecule has 4 heteroatoms. The van der Waals surface area contributed by atoms with Crippen LogP contribution < -0.4 is 0 Å². The van der Waals surface area contributed by atoms with E-state index in [1.807, 2.05) is 19.1 Å². The van der Waals surface area contributed by atoms with Gasteiger partial charge in [0.15, 0.2) is 0 Å². The molecular weight excluding hydrogens is 268 g/mol. The van der Waals surface area contributed by atoms with Crippen molar-refractivity contribution in [3.05, 3.63) is 29.6 Å². The van der Waals surface area contributed by atoms with Crippen molar-refractivity contribution in [3.63, 3.8) is 0 Å². The van der Waals surface area contributed by atoms with Crippen molar-refractivity contribution >= 4 is 15.9 Å². The molecule has 0 fully saturated rings. The van der Waals surface area contributed by atoms with E-state index < -0.39 is 0 Å². The molecule has 1 atom stereocenters. The molecule has 0 N–H and O–H groups in total. The number of pyridine rings is 1. The number of methoxy groups -OCH3 is 1. The summed E-state index contributed by atoms with van der Waals surface area (Å²) in [5.41, 5.74) is 2.18. The Hall–Kier alpha value is -0.450. The fraction of sp³-hybridized carbons (Fsp3) is 0.583. The van der Waals surface area contributed by atoms with Gasteiger partial charge >= 0.3 is 0 Å². The fourth-order valence-corrected chi connectivity index (χ4v) is 2.36. The maximum absolute atomic E-state index is 5.08. The molecule has 3 nitrogen and oxygen atoms in total. The van der Waals surface area contributed by atoms with E-state index in [-0.39, 0.29) is 0 Å². The van der Waals surface area contributed by atoms with E-state index in [1.165, 1.54) is 0 Å². The van der Waals surface area contributed by atoms with Gasteiger partial charge < -0.3 is 4.74 Å². The maximum atomic E-state index is 5.08. The lowest BCUT2D eigenvalue weighted by Crippen LogP contribution is -2.28. The van der Waals surface area contributed by atoms with Gasteiger partial charge in [0.25, 0.3) is 0 Å². The van der Waals surface area contributed by atoms with Gasteiger partial charge in [-0.25, -0.2) is 0 Å². The first-order chi connectivity index (χ1) is 7.61. The zero-order valence-electron chi connectivity index (χ0n) is 10.1. The van der Waals surface area contributed by atoms with Gasteiger partial charge in [-0.3, -0.25) is 9.88 Å². The van der Waals surface area contributed by atoms with Crippen LogP contribution in [0.2, 0.25) is 0 Å². The normalized spacial score (nSPS) is 13.1. The zero-order chi connectivity index (χ0) is 12.0. The van der Waals surface area contributed by atoms with E-state index in [0.717, 1.165) is 31.1 Å². The standard InChI is InChI=1S/C12H19BrN2O/c1-10-5-4-6-12(14-10)8-15(2)7-11(13)9-16-3/h4-6,11H,7-9H2,1-3H3. The first-order valence-electron chi connectivity index (χ1n) is 5.36. The minimum Gasteiger partial charge on any atom is -0.383 e. The van der Waals surface area contributed by atoms with Crippen LogP contribution in [0.15, 0.2) is 18.2 Å². The number of hydrogen-bond donors (Lipinski definition) is 0. The fourth-order valence-electron chi connectivity index (χ4n) is 1.60. The molecule has 0 amide bonds. The Morgan fingerprint density at radius 1 is 1.50 bits per heavy atom. The predicted octanol–water partition coefficient (Wildman–Crippen LogP) is 2.23. The van der Waals surface area contributed by atoms with Gasteiger partial charge in [0, 0.05) is 25.9 Å². The monoisotopic (exact) mass is 286 g/mol. The van der Waals surface area contributed by atoms with Crippen molar-refractivity contribution in [2.75, 3.05) is 27.3 Å². The second kappa shape index (κ2) is 6.99. The number of ether oxygens (including phenoxy) is 1. The van der Waals surface area contributed by atoms with Crippen molar-refractivity contribution < 1.29 is 4.74 Å². The first kappa shape index (κ1) is 13.6. The Balaban J connectivity index is 2.42. The molecule has 1 unspecified atom stereocenters. The third kappa shape index (κ3) is 5.05. The lowest BCUT2D eigenvalue weighted by atomic mass is 10.3. The van der Waals surface area contributed by atoms with Crippen molar-refractivity contribution in [1.29, 1.82) is 0 Å². The maximum Gasteiger partial charge on any atom is 0.0600 e. The summed E-state index contributed by atoms with van der Waals surface area (Å²) in [5, 5.41) is 0. The molecule has 90 valence electrons. The van der Waals surface area contributed by atoms with E-state index in [4.69, 9.17) is 4.74 Å². The van der Waals surface area contributed by atoms with Crippen molar-refractivity contribution in [2.24, 2.45) is 0 Å². The summed E-state index contributed by atoms with van der Waals surface area (Å²) in [6.07, 6.45) is 0. The van der Waals surface area contributed by atoms with Crippen LogP contribution in [0.5, 0.6) is 0 Å². The average molecular weight is 287 g/mol. The minimum absolute atomic E-state index is 0.368. The molecule has 1 rings (SSSR count). The molecule has 0 aliphatic carbocycles. The topological polar surface area (TPSA) is 25.4 Å². The third-order valence-corrected chi connectivity index (χ3v) is 2.79. The van der Waals surface area contributed by atoms with Crippen molar-refractivity contribution in [1.82, 2.24) is 9.88 Å². The summed E-state index contributed by atoms with van der Waals surface area (Å²) >= 11 is 3.58. The van der Waals surface area contributed by atoms with Crippen LogP contribution in [0.3, 0.4) is 0 Å². The molecule has 1 aromatic rings. The minimum atomic E-state index is 0.368. The number of aryl methyl sites for hydroxylation is 1.